The van der Waals surface area contributed by atoms with Crippen molar-refractivity contribution in [3.8, 4) is 11.5 Å². The Hall–Kier alpha value is -2.17. The zero-order valence-electron chi connectivity index (χ0n) is 12.7. The van der Waals surface area contributed by atoms with Crippen molar-refractivity contribution < 1.29 is 9.47 Å². The number of fused-ring (bicyclic) bond motifs is 1. The first-order chi connectivity index (χ1) is 10.1. The van der Waals surface area contributed by atoms with Gasteiger partial charge >= 0.3 is 0 Å². The third-order valence-corrected chi connectivity index (χ3v) is 3.74. The normalized spacial score (nSPS) is 20.0. The van der Waals surface area contributed by atoms with E-state index in [1.165, 1.54) is 0 Å². The standard InChI is InChI=1S/C16H21N3O2/c1-11(2)19-7-6-16(17-9-19)18-12(3)13-4-5-14-15(8-13)21-10-20-14/h4-8,11-12H,9-10H2,1-3H3,(H,17,18)/t12-/m0/s1. The lowest BCUT2D eigenvalue weighted by Gasteiger charge is -2.29. The SMILES string of the molecule is CC(C)N1C=CC(=N[C@@H](C)c2ccc3c(c2)OCO3)NC1. The zero-order valence-corrected chi connectivity index (χ0v) is 12.7. The molecule has 0 aliphatic carbocycles. The van der Waals surface area contributed by atoms with Crippen molar-refractivity contribution in [1.82, 2.24) is 10.2 Å². The number of aliphatic imine (C=N–C) groups is 1. The van der Waals surface area contributed by atoms with E-state index in [-0.39, 0.29) is 6.04 Å². The monoisotopic (exact) mass is 287 g/mol. The summed E-state index contributed by atoms with van der Waals surface area (Å²) in [5, 5.41) is 3.34. The molecule has 1 aromatic rings. The molecule has 0 unspecified atom stereocenters. The van der Waals surface area contributed by atoms with Crippen molar-refractivity contribution in [3.05, 3.63) is 36.0 Å². The van der Waals surface area contributed by atoms with Crippen LogP contribution in [0.4, 0.5) is 0 Å². The fourth-order valence-electron chi connectivity index (χ4n) is 2.35. The van der Waals surface area contributed by atoms with E-state index in [4.69, 9.17) is 14.5 Å². The van der Waals surface area contributed by atoms with Gasteiger partial charge in [0, 0.05) is 12.2 Å². The van der Waals surface area contributed by atoms with Gasteiger partial charge in [0.15, 0.2) is 11.5 Å². The van der Waals surface area contributed by atoms with E-state index in [0.717, 1.165) is 29.6 Å². The molecule has 0 fully saturated rings. The van der Waals surface area contributed by atoms with Gasteiger partial charge in [-0.05, 0) is 44.5 Å². The molecule has 0 saturated carbocycles. The molecule has 1 aromatic carbocycles. The quantitative estimate of drug-likeness (QED) is 0.928. The summed E-state index contributed by atoms with van der Waals surface area (Å²) in [7, 11) is 0. The lowest BCUT2D eigenvalue weighted by molar-refractivity contribution is 0.174. The second-order valence-electron chi connectivity index (χ2n) is 5.56. The predicted molar refractivity (Wildman–Crippen MR) is 82.5 cm³/mol. The smallest absolute Gasteiger partial charge is 0.231 e. The van der Waals surface area contributed by atoms with Gasteiger partial charge in [-0.2, -0.15) is 0 Å². The molecular formula is C16H21N3O2. The minimum atomic E-state index is 0.0669. The molecule has 0 amide bonds. The molecule has 0 aromatic heterocycles. The molecular weight excluding hydrogens is 266 g/mol. The topological polar surface area (TPSA) is 46.1 Å². The number of nitrogens with zero attached hydrogens (tertiary/aromatic N) is 2. The maximum Gasteiger partial charge on any atom is 0.231 e. The molecule has 2 aliphatic rings. The Morgan fingerprint density at radius 2 is 2.00 bits per heavy atom. The second-order valence-corrected chi connectivity index (χ2v) is 5.56. The van der Waals surface area contributed by atoms with Crippen LogP contribution >= 0.6 is 0 Å². The number of hydrogen-bond donors (Lipinski definition) is 1. The molecule has 2 heterocycles. The summed E-state index contributed by atoms with van der Waals surface area (Å²) in [6.45, 7) is 7.51. The molecule has 2 aliphatic heterocycles. The Labute approximate surface area is 125 Å². The number of nitrogens with one attached hydrogen (secondary N) is 1. The van der Waals surface area contributed by atoms with E-state index in [0.29, 0.717) is 12.8 Å². The van der Waals surface area contributed by atoms with Crippen LogP contribution in [0.3, 0.4) is 0 Å². The van der Waals surface area contributed by atoms with Crippen LogP contribution in [0.2, 0.25) is 0 Å². The largest absolute Gasteiger partial charge is 0.454 e. The maximum atomic E-state index is 5.41. The molecule has 0 bridgehead atoms. The van der Waals surface area contributed by atoms with Gasteiger partial charge in [0.2, 0.25) is 6.79 Å². The summed E-state index contributed by atoms with van der Waals surface area (Å²) in [4.78, 5) is 6.95. The Balaban J connectivity index is 1.73. The Bertz CT molecular complexity index is 581. The third kappa shape index (κ3) is 2.96. The number of amidine groups is 1. The predicted octanol–water partition coefficient (Wildman–Crippen LogP) is 2.66. The second kappa shape index (κ2) is 5.68. The van der Waals surface area contributed by atoms with Crippen molar-refractivity contribution in [2.24, 2.45) is 4.99 Å². The van der Waals surface area contributed by atoms with Crippen LogP contribution in [0.25, 0.3) is 0 Å². The van der Waals surface area contributed by atoms with Gasteiger partial charge in [-0.15, -0.1) is 0 Å². The van der Waals surface area contributed by atoms with Crippen LogP contribution < -0.4 is 14.8 Å². The molecule has 5 heteroatoms. The highest BCUT2D eigenvalue weighted by Crippen LogP contribution is 2.34. The average molecular weight is 287 g/mol. The van der Waals surface area contributed by atoms with Crippen LogP contribution in [0.1, 0.15) is 32.4 Å². The van der Waals surface area contributed by atoms with Crippen molar-refractivity contribution in [1.29, 1.82) is 0 Å². The minimum absolute atomic E-state index is 0.0669. The number of rotatable bonds is 3. The summed E-state index contributed by atoms with van der Waals surface area (Å²) in [6, 6.07) is 6.54. The van der Waals surface area contributed by atoms with E-state index in [1.807, 2.05) is 24.3 Å². The highest BCUT2D eigenvalue weighted by atomic mass is 16.7. The summed E-state index contributed by atoms with van der Waals surface area (Å²) >= 11 is 0. The molecule has 0 saturated heterocycles. The zero-order chi connectivity index (χ0) is 14.8. The van der Waals surface area contributed by atoms with Gasteiger partial charge in [0.1, 0.15) is 5.84 Å². The number of benzene rings is 1. The van der Waals surface area contributed by atoms with Crippen LogP contribution in [0.15, 0.2) is 35.5 Å². The van der Waals surface area contributed by atoms with Crippen molar-refractivity contribution in [2.45, 2.75) is 32.9 Å². The van der Waals surface area contributed by atoms with E-state index in [2.05, 4.69) is 37.2 Å². The fourth-order valence-corrected chi connectivity index (χ4v) is 2.35. The Morgan fingerprint density at radius 1 is 1.19 bits per heavy atom. The van der Waals surface area contributed by atoms with E-state index in [1.54, 1.807) is 0 Å². The van der Waals surface area contributed by atoms with Gasteiger partial charge in [0.25, 0.3) is 0 Å². The van der Waals surface area contributed by atoms with Crippen LogP contribution in [0, 0.1) is 0 Å². The van der Waals surface area contributed by atoms with Crippen molar-refractivity contribution >= 4 is 5.84 Å². The van der Waals surface area contributed by atoms with Gasteiger partial charge in [-0.3, -0.25) is 4.99 Å². The number of hydrogen-bond acceptors (Lipinski definition) is 4. The molecule has 0 spiro atoms. The summed E-state index contributed by atoms with van der Waals surface area (Å²) < 4.78 is 10.7. The average Bonchev–Trinajstić information content (AvgIpc) is 2.95. The first-order valence-electron chi connectivity index (χ1n) is 7.28. The first-order valence-corrected chi connectivity index (χ1v) is 7.28. The first kappa shape index (κ1) is 13.8. The molecule has 112 valence electrons. The van der Waals surface area contributed by atoms with Gasteiger partial charge < -0.3 is 19.7 Å². The summed E-state index contributed by atoms with van der Waals surface area (Å²) in [5.41, 5.74) is 1.12. The molecule has 1 N–H and O–H groups in total. The number of ether oxygens (including phenoxy) is 2. The molecule has 3 rings (SSSR count). The Kier molecular flexibility index (Phi) is 3.73. The van der Waals surface area contributed by atoms with Crippen LogP contribution in [0.5, 0.6) is 11.5 Å². The van der Waals surface area contributed by atoms with Gasteiger partial charge in [0.05, 0.1) is 12.7 Å². The van der Waals surface area contributed by atoms with E-state index < -0.39 is 0 Å². The van der Waals surface area contributed by atoms with Gasteiger partial charge in [-0.1, -0.05) is 6.07 Å². The van der Waals surface area contributed by atoms with Crippen LogP contribution in [-0.4, -0.2) is 30.2 Å². The molecule has 5 nitrogen and oxygen atoms in total. The van der Waals surface area contributed by atoms with Crippen molar-refractivity contribution in [2.75, 3.05) is 13.5 Å². The summed E-state index contributed by atoms with van der Waals surface area (Å²) in [6.07, 6.45) is 4.11. The molecule has 21 heavy (non-hydrogen) atoms. The van der Waals surface area contributed by atoms with Crippen molar-refractivity contribution in [3.63, 3.8) is 0 Å². The highest BCUT2D eigenvalue weighted by molar-refractivity contribution is 5.93. The van der Waals surface area contributed by atoms with Gasteiger partial charge in [-0.25, -0.2) is 0 Å². The lowest BCUT2D eigenvalue weighted by atomic mass is 10.1. The van der Waals surface area contributed by atoms with Crippen LogP contribution in [-0.2, 0) is 0 Å². The minimum Gasteiger partial charge on any atom is -0.454 e. The molecule has 1 atom stereocenters. The molecule has 0 radical (unpaired) electrons. The highest BCUT2D eigenvalue weighted by Gasteiger charge is 2.16. The lowest BCUT2D eigenvalue weighted by Crippen LogP contribution is -2.41. The van der Waals surface area contributed by atoms with E-state index >= 15 is 0 Å². The third-order valence-electron chi connectivity index (χ3n) is 3.74. The fraction of sp³-hybridized carbons (Fsp3) is 0.438. The maximum absolute atomic E-state index is 5.41. The Morgan fingerprint density at radius 3 is 2.71 bits per heavy atom. The summed E-state index contributed by atoms with van der Waals surface area (Å²) in [5.74, 6) is 2.52. The van der Waals surface area contributed by atoms with E-state index in [9.17, 15) is 0 Å².